The third-order valence-electron chi connectivity index (χ3n) is 2.26. The van der Waals surface area contributed by atoms with Crippen molar-refractivity contribution >= 4 is 5.91 Å². The molecule has 0 aliphatic rings. The Balaban J connectivity index is 3.95. The highest BCUT2D eigenvalue weighted by Crippen LogP contribution is 2.17. The molecule has 0 aromatic carbocycles. The summed E-state index contributed by atoms with van der Waals surface area (Å²) in [6, 6.07) is 0. The summed E-state index contributed by atoms with van der Waals surface area (Å²) in [7, 11) is 1.71. The van der Waals surface area contributed by atoms with Crippen LogP contribution in [0.3, 0.4) is 0 Å². The van der Waals surface area contributed by atoms with Crippen LogP contribution < -0.4 is 5.32 Å². The average Bonchev–Trinajstić information content (AvgIpc) is 2.04. The van der Waals surface area contributed by atoms with Crippen molar-refractivity contribution in [2.45, 2.75) is 40.0 Å². The molecule has 2 nitrogen and oxygen atoms in total. The topological polar surface area (TPSA) is 29.1 Å². The van der Waals surface area contributed by atoms with Crippen LogP contribution in [0.2, 0.25) is 0 Å². The zero-order valence-corrected chi connectivity index (χ0v) is 8.68. The summed E-state index contributed by atoms with van der Waals surface area (Å²) in [6.07, 6.45) is 3.34. The lowest BCUT2D eigenvalue weighted by atomic mass is 9.90. The Labute approximate surface area is 75.7 Å². The SMILES string of the molecule is CCCC[C@H](C(=O)NC)C(C)C. The fourth-order valence-electron chi connectivity index (χ4n) is 1.38. The average molecular weight is 171 g/mol. The van der Waals surface area contributed by atoms with Gasteiger partial charge in [-0.05, 0) is 12.3 Å². The number of carbonyl (C=O) groups excluding carboxylic acids is 1. The first kappa shape index (κ1) is 11.5. The number of amides is 1. The van der Waals surface area contributed by atoms with Crippen LogP contribution in [0.4, 0.5) is 0 Å². The van der Waals surface area contributed by atoms with Crippen molar-refractivity contribution in [3.8, 4) is 0 Å². The van der Waals surface area contributed by atoms with E-state index >= 15 is 0 Å². The van der Waals surface area contributed by atoms with Gasteiger partial charge >= 0.3 is 0 Å². The van der Waals surface area contributed by atoms with Gasteiger partial charge in [-0.25, -0.2) is 0 Å². The minimum Gasteiger partial charge on any atom is -0.359 e. The van der Waals surface area contributed by atoms with Gasteiger partial charge in [-0.3, -0.25) is 4.79 Å². The monoisotopic (exact) mass is 171 g/mol. The predicted octanol–water partition coefficient (Wildman–Crippen LogP) is 2.19. The molecule has 72 valence electrons. The molecule has 0 aliphatic heterocycles. The van der Waals surface area contributed by atoms with Gasteiger partial charge in [0.15, 0.2) is 0 Å². The highest BCUT2D eigenvalue weighted by molar-refractivity contribution is 5.78. The molecule has 0 aromatic rings. The standard InChI is InChI=1S/C10H21NO/c1-5-6-7-9(8(2)3)10(12)11-4/h8-9H,5-7H2,1-4H3,(H,11,12)/t9-/m0/s1. The van der Waals surface area contributed by atoms with Gasteiger partial charge in [-0.1, -0.05) is 33.6 Å². The highest BCUT2D eigenvalue weighted by atomic mass is 16.1. The van der Waals surface area contributed by atoms with Crippen molar-refractivity contribution in [2.75, 3.05) is 7.05 Å². The molecule has 0 bridgehead atoms. The Hall–Kier alpha value is -0.530. The van der Waals surface area contributed by atoms with Gasteiger partial charge in [0.2, 0.25) is 5.91 Å². The molecule has 1 atom stereocenters. The van der Waals surface area contributed by atoms with Crippen LogP contribution in [0.15, 0.2) is 0 Å². The maximum absolute atomic E-state index is 11.3. The summed E-state index contributed by atoms with van der Waals surface area (Å²) in [5.74, 6) is 0.852. The van der Waals surface area contributed by atoms with Crippen LogP contribution >= 0.6 is 0 Å². The zero-order chi connectivity index (χ0) is 9.56. The number of hydrogen-bond donors (Lipinski definition) is 1. The van der Waals surface area contributed by atoms with Crippen LogP contribution in [-0.2, 0) is 4.79 Å². The Bertz CT molecular complexity index is 132. The fourth-order valence-corrected chi connectivity index (χ4v) is 1.38. The number of carbonyl (C=O) groups is 1. The smallest absolute Gasteiger partial charge is 0.223 e. The lowest BCUT2D eigenvalue weighted by Gasteiger charge is -2.18. The summed E-state index contributed by atoms with van der Waals surface area (Å²) in [4.78, 5) is 11.3. The van der Waals surface area contributed by atoms with Crippen molar-refractivity contribution in [3.05, 3.63) is 0 Å². The van der Waals surface area contributed by atoms with E-state index in [-0.39, 0.29) is 11.8 Å². The summed E-state index contributed by atoms with van der Waals surface area (Å²) in [5, 5.41) is 2.72. The van der Waals surface area contributed by atoms with E-state index in [0.29, 0.717) is 5.92 Å². The van der Waals surface area contributed by atoms with E-state index in [9.17, 15) is 4.79 Å². The summed E-state index contributed by atoms with van der Waals surface area (Å²) >= 11 is 0. The van der Waals surface area contributed by atoms with E-state index in [1.165, 1.54) is 6.42 Å². The maximum Gasteiger partial charge on any atom is 0.223 e. The van der Waals surface area contributed by atoms with Gasteiger partial charge in [0.05, 0.1) is 0 Å². The molecule has 0 rings (SSSR count). The Morgan fingerprint density at radius 3 is 2.33 bits per heavy atom. The second kappa shape index (κ2) is 6.04. The van der Waals surface area contributed by atoms with Gasteiger partial charge in [-0.2, -0.15) is 0 Å². The Morgan fingerprint density at radius 2 is 2.00 bits per heavy atom. The molecule has 0 spiro atoms. The van der Waals surface area contributed by atoms with Crippen LogP contribution in [-0.4, -0.2) is 13.0 Å². The summed E-state index contributed by atoms with van der Waals surface area (Å²) in [6.45, 7) is 6.37. The van der Waals surface area contributed by atoms with E-state index in [2.05, 4.69) is 26.1 Å². The Morgan fingerprint density at radius 1 is 1.42 bits per heavy atom. The first-order chi connectivity index (χ1) is 5.63. The molecule has 0 aromatic heterocycles. The molecule has 1 N–H and O–H groups in total. The van der Waals surface area contributed by atoms with Gasteiger partial charge in [0, 0.05) is 13.0 Å². The van der Waals surface area contributed by atoms with E-state index < -0.39 is 0 Å². The van der Waals surface area contributed by atoms with Crippen molar-refractivity contribution in [3.63, 3.8) is 0 Å². The van der Waals surface area contributed by atoms with E-state index in [0.717, 1.165) is 12.8 Å². The minimum absolute atomic E-state index is 0.193. The van der Waals surface area contributed by atoms with E-state index in [1.54, 1.807) is 7.05 Å². The maximum atomic E-state index is 11.3. The van der Waals surface area contributed by atoms with Crippen LogP contribution in [0.5, 0.6) is 0 Å². The summed E-state index contributed by atoms with van der Waals surface area (Å²) in [5.41, 5.74) is 0. The highest BCUT2D eigenvalue weighted by Gasteiger charge is 2.19. The van der Waals surface area contributed by atoms with Crippen molar-refractivity contribution < 1.29 is 4.79 Å². The molecule has 0 heterocycles. The molecule has 0 aliphatic carbocycles. The zero-order valence-electron chi connectivity index (χ0n) is 8.68. The first-order valence-electron chi connectivity index (χ1n) is 4.85. The molecular weight excluding hydrogens is 150 g/mol. The van der Waals surface area contributed by atoms with Crippen LogP contribution in [0.1, 0.15) is 40.0 Å². The lowest BCUT2D eigenvalue weighted by molar-refractivity contribution is -0.126. The minimum atomic E-state index is 0.193. The third-order valence-corrected chi connectivity index (χ3v) is 2.26. The van der Waals surface area contributed by atoms with E-state index in [1.807, 2.05) is 0 Å². The van der Waals surface area contributed by atoms with Crippen molar-refractivity contribution in [2.24, 2.45) is 11.8 Å². The lowest BCUT2D eigenvalue weighted by Crippen LogP contribution is -2.30. The molecule has 0 radical (unpaired) electrons. The first-order valence-corrected chi connectivity index (χ1v) is 4.85. The third kappa shape index (κ3) is 3.74. The fraction of sp³-hybridized carbons (Fsp3) is 0.900. The molecule has 0 saturated heterocycles. The molecule has 0 saturated carbocycles. The molecule has 2 heteroatoms. The normalized spacial score (nSPS) is 13.1. The summed E-state index contributed by atoms with van der Waals surface area (Å²) < 4.78 is 0. The van der Waals surface area contributed by atoms with E-state index in [4.69, 9.17) is 0 Å². The van der Waals surface area contributed by atoms with Crippen molar-refractivity contribution in [1.82, 2.24) is 5.32 Å². The predicted molar refractivity (Wildman–Crippen MR) is 51.9 cm³/mol. The van der Waals surface area contributed by atoms with Gasteiger partial charge in [-0.15, -0.1) is 0 Å². The number of nitrogens with one attached hydrogen (secondary N) is 1. The van der Waals surface area contributed by atoms with Crippen LogP contribution in [0, 0.1) is 11.8 Å². The van der Waals surface area contributed by atoms with Crippen LogP contribution in [0.25, 0.3) is 0 Å². The quantitative estimate of drug-likeness (QED) is 0.675. The molecular formula is C10H21NO. The number of rotatable bonds is 5. The largest absolute Gasteiger partial charge is 0.359 e. The molecule has 1 amide bonds. The Kier molecular flexibility index (Phi) is 5.77. The molecule has 0 unspecified atom stereocenters. The molecule has 0 fully saturated rings. The molecule has 12 heavy (non-hydrogen) atoms. The van der Waals surface area contributed by atoms with Gasteiger partial charge in [0.25, 0.3) is 0 Å². The second-order valence-electron chi connectivity index (χ2n) is 3.61. The number of unbranched alkanes of at least 4 members (excludes halogenated alkanes) is 1. The van der Waals surface area contributed by atoms with Crippen molar-refractivity contribution in [1.29, 1.82) is 0 Å². The van der Waals surface area contributed by atoms with Gasteiger partial charge < -0.3 is 5.32 Å². The number of hydrogen-bond acceptors (Lipinski definition) is 1. The second-order valence-corrected chi connectivity index (χ2v) is 3.61. The van der Waals surface area contributed by atoms with Gasteiger partial charge in [0.1, 0.15) is 0 Å².